The lowest BCUT2D eigenvalue weighted by molar-refractivity contribution is 0.0387. The van der Waals surface area contributed by atoms with Crippen LogP contribution in [0, 0.1) is 5.92 Å². The third kappa shape index (κ3) is 3.43. The van der Waals surface area contributed by atoms with Crippen LogP contribution in [-0.2, 0) is 4.74 Å². The molecule has 0 saturated heterocycles. The second-order valence-electron chi connectivity index (χ2n) is 2.48. The van der Waals surface area contributed by atoms with Crippen LogP contribution in [0.4, 0.5) is 0 Å². The van der Waals surface area contributed by atoms with Gasteiger partial charge in [0.1, 0.15) is 0 Å². The number of rotatable bonds is 5. The molecular formula is C8H17ClO. The summed E-state index contributed by atoms with van der Waals surface area (Å²) < 4.78 is 5.40. The molecule has 0 bridgehead atoms. The molecule has 10 heavy (non-hydrogen) atoms. The van der Waals surface area contributed by atoms with Crippen molar-refractivity contribution in [3.8, 4) is 0 Å². The quantitative estimate of drug-likeness (QED) is 0.568. The van der Waals surface area contributed by atoms with Crippen molar-refractivity contribution in [2.45, 2.75) is 33.3 Å². The molecule has 2 unspecified atom stereocenters. The van der Waals surface area contributed by atoms with Crippen molar-refractivity contribution in [1.82, 2.24) is 0 Å². The van der Waals surface area contributed by atoms with Gasteiger partial charge in [-0.05, 0) is 26.2 Å². The molecule has 0 amide bonds. The van der Waals surface area contributed by atoms with Crippen LogP contribution < -0.4 is 0 Å². The normalized spacial score (nSPS) is 16.8. The number of ether oxygens (including phenoxy) is 1. The van der Waals surface area contributed by atoms with E-state index in [4.69, 9.17) is 16.3 Å². The maximum atomic E-state index is 5.72. The fourth-order valence-electron chi connectivity index (χ4n) is 0.965. The predicted molar refractivity (Wildman–Crippen MR) is 45.6 cm³/mol. The van der Waals surface area contributed by atoms with E-state index in [1.165, 1.54) is 0 Å². The first kappa shape index (κ1) is 10.2. The van der Waals surface area contributed by atoms with Crippen LogP contribution in [0.25, 0.3) is 0 Å². The molecular weight excluding hydrogens is 148 g/mol. The predicted octanol–water partition coefficient (Wildman–Crippen LogP) is 2.68. The first-order valence-corrected chi connectivity index (χ1v) is 4.47. The minimum Gasteiger partial charge on any atom is -0.378 e. The van der Waals surface area contributed by atoms with E-state index in [2.05, 4.69) is 13.8 Å². The SMILES string of the molecule is CCOC(C)C(CC)CCl. The Morgan fingerprint density at radius 3 is 2.30 bits per heavy atom. The zero-order valence-corrected chi connectivity index (χ0v) is 7.82. The minimum absolute atomic E-state index is 0.312. The molecule has 0 aliphatic heterocycles. The molecule has 0 aliphatic carbocycles. The van der Waals surface area contributed by atoms with Gasteiger partial charge in [0.2, 0.25) is 0 Å². The lowest BCUT2D eigenvalue weighted by atomic mass is 10.0. The average Bonchev–Trinajstić information content (AvgIpc) is 1.91. The standard InChI is InChI=1S/C8H17ClO/c1-4-8(6-9)7(3)10-5-2/h7-8H,4-6H2,1-3H3. The summed E-state index contributed by atoms with van der Waals surface area (Å²) in [6.45, 7) is 7.02. The summed E-state index contributed by atoms with van der Waals surface area (Å²) in [4.78, 5) is 0. The average molecular weight is 165 g/mol. The van der Waals surface area contributed by atoms with Gasteiger partial charge in [-0.3, -0.25) is 0 Å². The van der Waals surface area contributed by atoms with Crippen LogP contribution in [0.3, 0.4) is 0 Å². The van der Waals surface area contributed by atoms with Crippen molar-refractivity contribution in [3.63, 3.8) is 0 Å². The number of halogens is 1. The maximum absolute atomic E-state index is 5.72. The van der Waals surface area contributed by atoms with Gasteiger partial charge in [-0.1, -0.05) is 6.92 Å². The zero-order valence-electron chi connectivity index (χ0n) is 7.06. The summed E-state index contributed by atoms with van der Waals surface area (Å²) in [5.74, 6) is 1.22. The van der Waals surface area contributed by atoms with E-state index in [1.807, 2.05) is 6.92 Å². The van der Waals surface area contributed by atoms with Gasteiger partial charge in [-0.2, -0.15) is 0 Å². The highest BCUT2D eigenvalue weighted by Gasteiger charge is 2.13. The molecule has 0 heterocycles. The van der Waals surface area contributed by atoms with E-state index < -0.39 is 0 Å². The fourth-order valence-corrected chi connectivity index (χ4v) is 1.43. The molecule has 0 aromatic rings. The van der Waals surface area contributed by atoms with E-state index in [0.717, 1.165) is 13.0 Å². The third-order valence-electron chi connectivity index (χ3n) is 1.82. The van der Waals surface area contributed by atoms with E-state index in [9.17, 15) is 0 Å². The van der Waals surface area contributed by atoms with Gasteiger partial charge < -0.3 is 4.74 Å². The molecule has 0 aliphatic rings. The Labute approximate surface area is 68.7 Å². The summed E-state index contributed by atoms with van der Waals surface area (Å²) in [5, 5.41) is 0. The van der Waals surface area contributed by atoms with Crippen molar-refractivity contribution in [1.29, 1.82) is 0 Å². The largest absolute Gasteiger partial charge is 0.378 e. The van der Waals surface area contributed by atoms with E-state index >= 15 is 0 Å². The molecule has 0 fully saturated rings. The van der Waals surface area contributed by atoms with E-state index in [1.54, 1.807) is 0 Å². The molecule has 0 spiro atoms. The highest BCUT2D eigenvalue weighted by Crippen LogP contribution is 2.13. The fraction of sp³-hybridized carbons (Fsp3) is 1.00. The Morgan fingerprint density at radius 1 is 1.40 bits per heavy atom. The summed E-state index contributed by atoms with van der Waals surface area (Å²) in [5.41, 5.74) is 0. The van der Waals surface area contributed by atoms with Crippen LogP contribution in [0.15, 0.2) is 0 Å². The van der Waals surface area contributed by atoms with Crippen molar-refractivity contribution < 1.29 is 4.74 Å². The van der Waals surface area contributed by atoms with Crippen molar-refractivity contribution in [3.05, 3.63) is 0 Å². The van der Waals surface area contributed by atoms with E-state index in [0.29, 0.717) is 17.9 Å². The monoisotopic (exact) mass is 164 g/mol. The number of hydrogen-bond acceptors (Lipinski definition) is 1. The highest BCUT2D eigenvalue weighted by atomic mass is 35.5. The number of hydrogen-bond donors (Lipinski definition) is 0. The van der Waals surface area contributed by atoms with Crippen LogP contribution in [0.5, 0.6) is 0 Å². The second-order valence-corrected chi connectivity index (χ2v) is 2.79. The summed E-state index contributed by atoms with van der Waals surface area (Å²) in [7, 11) is 0. The van der Waals surface area contributed by atoms with Gasteiger partial charge in [0, 0.05) is 12.5 Å². The Morgan fingerprint density at radius 2 is 2.00 bits per heavy atom. The van der Waals surface area contributed by atoms with Gasteiger partial charge in [0.25, 0.3) is 0 Å². The van der Waals surface area contributed by atoms with Gasteiger partial charge in [0.15, 0.2) is 0 Å². The third-order valence-corrected chi connectivity index (χ3v) is 2.21. The Hall–Kier alpha value is 0.250. The lowest BCUT2D eigenvalue weighted by Gasteiger charge is -2.19. The molecule has 0 saturated carbocycles. The Kier molecular flexibility index (Phi) is 6.14. The van der Waals surface area contributed by atoms with Crippen LogP contribution in [-0.4, -0.2) is 18.6 Å². The zero-order chi connectivity index (χ0) is 7.98. The minimum atomic E-state index is 0.312. The maximum Gasteiger partial charge on any atom is 0.0586 e. The molecule has 2 atom stereocenters. The molecule has 0 aromatic heterocycles. The lowest BCUT2D eigenvalue weighted by Crippen LogP contribution is -2.21. The van der Waals surface area contributed by atoms with Gasteiger partial charge >= 0.3 is 0 Å². The molecule has 0 N–H and O–H groups in total. The smallest absolute Gasteiger partial charge is 0.0586 e. The van der Waals surface area contributed by atoms with Crippen LogP contribution in [0.2, 0.25) is 0 Å². The molecule has 1 nitrogen and oxygen atoms in total. The summed E-state index contributed by atoms with van der Waals surface area (Å²) in [6.07, 6.45) is 1.41. The molecule has 2 heteroatoms. The van der Waals surface area contributed by atoms with Gasteiger partial charge in [-0.25, -0.2) is 0 Å². The van der Waals surface area contributed by atoms with Crippen LogP contribution >= 0.6 is 11.6 Å². The van der Waals surface area contributed by atoms with Crippen molar-refractivity contribution in [2.24, 2.45) is 5.92 Å². The van der Waals surface area contributed by atoms with Crippen molar-refractivity contribution in [2.75, 3.05) is 12.5 Å². The molecule has 0 radical (unpaired) electrons. The summed E-state index contributed by atoms with van der Waals surface area (Å²) in [6, 6.07) is 0. The van der Waals surface area contributed by atoms with Crippen LogP contribution in [0.1, 0.15) is 27.2 Å². The Bertz CT molecular complexity index is 71.7. The first-order chi connectivity index (χ1) is 4.76. The number of alkyl halides is 1. The molecule has 0 aromatic carbocycles. The second kappa shape index (κ2) is 5.99. The van der Waals surface area contributed by atoms with Gasteiger partial charge in [-0.15, -0.1) is 11.6 Å². The topological polar surface area (TPSA) is 9.23 Å². The van der Waals surface area contributed by atoms with Gasteiger partial charge in [0.05, 0.1) is 6.10 Å². The molecule has 0 rings (SSSR count). The Balaban J connectivity index is 3.53. The molecule has 62 valence electrons. The van der Waals surface area contributed by atoms with E-state index in [-0.39, 0.29) is 0 Å². The summed E-state index contributed by atoms with van der Waals surface area (Å²) >= 11 is 5.72. The first-order valence-electron chi connectivity index (χ1n) is 3.93. The van der Waals surface area contributed by atoms with Crippen molar-refractivity contribution >= 4 is 11.6 Å². The highest BCUT2D eigenvalue weighted by molar-refractivity contribution is 6.18.